The van der Waals surface area contributed by atoms with Gasteiger partial charge in [0.05, 0.1) is 12.8 Å². The summed E-state index contributed by atoms with van der Waals surface area (Å²) in [4.78, 5) is 19.0. The van der Waals surface area contributed by atoms with E-state index in [9.17, 15) is 18.0 Å². The van der Waals surface area contributed by atoms with Crippen molar-refractivity contribution in [3.8, 4) is 5.75 Å². The molecule has 5 nitrogen and oxygen atoms in total. The third-order valence-corrected chi connectivity index (χ3v) is 4.08. The van der Waals surface area contributed by atoms with Crippen LogP contribution in [0.4, 0.5) is 18.9 Å². The van der Waals surface area contributed by atoms with E-state index in [1.807, 2.05) is 0 Å². The van der Waals surface area contributed by atoms with Crippen molar-refractivity contribution in [1.29, 1.82) is 0 Å². The molecule has 2 rings (SSSR count). The Morgan fingerprint density at radius 3 is 2.42 bits per heavy atom. The maximum Gasteiger partial charge on any atom is 0.471 e. The molecule has 1 heterocycles. The van der Waals surface area contributed by atoms with Gasteiger partial charge in [-0.1, -0.05) is 19.3 Å². The predicted molar refractivity (Wildman–Crippen MR) is 92.2 cm³/mol. The average molecular weight is 372 g/mol. The first-order valence-electron chi connectivity index (χ1n) is 8.65. The number of hydrogen-bond donors (Lipinski definition) is 0. The Balaban J connectivity index is 1.95. The van der Waals surface area contributed by atoms with Crippen LogP contribution in [0.3, 0.4) is 0 Å². The summed E-state index contributed by atoms with van der Waals surface area (Å²) < 4.78 is 44.0. The van der Waals surface area contributed by atoms with Gasteiger partial charge < -0.3 is 14.4 Å². The largest absolute Gasteiger partial charge is 0.497 e. The fraction of sp³-hybridized carbons (Fsp3) is 0.556. The van der Waals surface area contributed by atoms with Gasteiger partial charge in [-0.25, -0.2) is 4.99 Å². The number of unbranched alkanes of at least 4 members (excludes halogenated alkanes) is 5. The molecule has 0 spiro atoms. The number of hydrogen-bond acceptors (Lipinski definition) is 5. The number of rotatable bonds is 10. The Morgan fingerprint density at radius 1 is 1.15 bits per heavy atom. The zero-order valence-corrected chi connectivity index (χ0v) is 14.7. The lowest BCUT2D eigenvalue weighted by Crippen LogP contribution is -2.32. The van der Waals surface area contributed by atoms with E-state index in [0.29, 0.717) is 24.3 Å². The molecule has 8 heteroatoms. The molecule has 1 aromatic rings. The van der Waals surface area contributed by atoms with E-state index in [1.165, 1.54) is 12.2 Å². The Bertz CT molecular complexity index is 603. The van der Waals surface area contributed by atoms with Gasteiger partial charge in [-0.15, -0.1) is 0 Å². The molecule has 1 aliphatic heterocycles. The topological polar surface area (TPSA) is 51.1 Å². The molecule has 0 radical (unpaired) electrons. The normalized spacial score (nSPS) is 17.0. The first-order chi connectivity index (χ1) is 12.5. The lowest BCUT2D eigenvalue weighted by Gasteiger charge is -2.23. The second kappa shape index (κ2) is 9.45. The first kappa shape index (κ1) is 20.1. The van der Waals surface area contributed by atoms with Crippen LogP contribution >= 0.6 is 0 Å². The standard InChI is InChI=1S/C18H23F3N2O3/c1-25-15-11-9-14(10-12-15)23-16(22-17(26-23)18(19,20)21)8-6-4-2-3-5-7-13-24/h9-13,16H,2-8H2,1H3. The molecule has 0 amide bonds. The molecular formula is C18H23F3N2O3. The number of benzene rings is 1. The van der Waals surface area contributed by atoms with Gasteiger partial charge in [-0.3, -0.25) is 0 Å². The SMILES string of the molecule is COc1ccc(N2OC(C(F)(F)F)=NC2CCCCCCCC=O)cc1. The Labute approximate surface area is 150 Å². The van der Waals surface area contributed by atoms with Crippen molar-refractivity contribution < 1.29 is 27.5 Å². The number of alkyl halides is 3. The van der Waals surface area contributed by atoms with Gasteiger partial charge >= 0.3 is 12.1 Å². The number of anilines is 1. The fourth-order valence-electron chi connectivity index (χ4n) is 2.71. The summed E-state index contributed by atoms with van der Waals surface area (Å²) in [5, 5.41) is 1.20. The highest BCUT2D eigenvalue weighted by Crippen LogP contribution is 2.32. The summed E-state index contributed by atoms with van der Waals surface area (Å²) in [5.41, 5.74) is 0.491. The molecule has 0 saturated carbocycles. The van der Waals surface area contributed by atoms with E-state index in [1.54, 1.807) is 24.3 Å². The highest BCUT2D eigenvalue weighted by molar-refractivity contribution is 5.84. The van der Waals surface area contributed by atoms with E-state index >= 15 is 0 Å². The molecule has 0 bridgehead atoms. The Kier molecular flexibility index (Phi) is 7.29. The van der Waals surface area contributed by atoms with Crippen LogP contribution in [0.1, 0.15) is 44.9 Å². The van der Waals surface area contributed by atoms with Crippen LogP contribution in [0.25, 0.3) is 0 Å². The molecule has 1 aliphatic rings. The van der Waals surface area contributed by atoms with Gasteiger partial charge in [0, 0.05) is 6.42 Å². The number of halogens is 3. The third kappa shape index (κ3) is 5.64. The van der Waals surface area contributed by atoms with Crippen molar-refractivity contribution in [2.75, 3.05) is 12.2 Å². The molecule has 0 saturated heterocycles. The number of ether oxygens (including phenoxy) is 1. The summed E-state index contributed by atoms with van der Waals surface area (Å²) in [6.45, 7) is 0. The maximum atomic E-state index is 13.0. The summed E-state index contributed by atoms with van der Waals surface area (Å²) in [7, 11) is 1.52. The summed E-state index contributed by atoms with van der Waals surface area (Å²) in [6, 6.07) is 6.60. The molecule has 1 unspecified atom stereocenters. The molecule has 1 aromatic carbocycles. The number of aldehydes is 1. The molecule has 26 heavy (non-hydrogen) atoms. The minimum Gasteiger partial charge on any atom is -0.497 e. The van der Waals surface area contributed by atoms with Gasteiger partial charge in [0.2, 0.25) is 0 Å². The van der Waals surface area contributed by atoms with Crippen molar-refractivity contribution in [2.45, 2.75) is 57.3 Å². The van der Waals surface area contributed by atoms with E-state index in [2.05, 4.69) is 4.99 Å². The number of carbonyl (C=O) groups excluding carboxylic acids is 1. The summed E-state index contributed by atoms with van der Waals surface area (Å²) in [5.74, 6) is -0.610. The first-order valence-corrected chi connectivity index (χ1v) is 8.65. The van der Waals surface area contributed by atoms with E-state index < -0.39 is 18.2 Å². The molecule has 0 aliphatic carbocycles. The molecule has 0 N–H and O–H groups in total. The van der Waals surface area contributed by atoms with Gasteiger partial charge in [-0.05, 0) is 43.5 Å². The fourth-order valence-corrected chi connectivity index (χ4v) is 2.71. The molecule has 0 aromatic heterocycles. The number of nitrogens with zero attached hydrogens (tertiary/aromatic N) is 2. The second-order valence-electron chi connectivity index (χ2n) is 6.04. The zero-order valence-electron chi connectivity index (χ0n) is 14.7. The number of aliphatic imine (C=N–C) groups is 1. The summed E-state index contributed by atoms with van der Waals surface area (Å²) in [6.07, 6.45) is 0.933. The van der Waals surface area contributed by atoms with Crippen molar-refractivity contribution >= 4 is 17.9 Å². The van der Waals surface area contributed by atoms with Gasteiger partial charge in [0.1, 0.15) is 12.0 Å². The second-order valence-corrected chi connectivity index (χ2v) is 6.04. The highest BCUT2D eigenvalue weighted by Gasteiger charge is 2.45. The van der Waals surface area contributed by atoms with Gasteiger partial charge in [-0.2, -0.15) is 18.2 Å². The minimum atomic E-state index is -4.62. The smallest absolute Gasteiger partial charge is 0.471 e. The number of carbonyl (C=O) groups is 1. The Hall–Kier alpha value is -2.25. The number of hydroxylamine groups is 1. The third-order valence-electron chi connectivity index (χ3n) is 4.08. The Morgan fingerprint density at radius 2 is 1.81 bits per heavy atom. The van der Waals surface area contributed by atoms with Crippen LogP contribution in [0.2, 0.25) is 0 Å². The van der Waals surface area contributed by atoms with Crippen molar-refractivity contribution in [1.82, 2.24) is 0 Å². The molecule has 1 atom stereocenters. The monoisotopic (exact) mass is 372 g/mol. The van der Waals surface area contributed by atoms with Crippen LogP contribution in [0, 0.1) is 0 Å². The molecule has 144 valence electrons. The quantitative estimate of drug-likeness (QED) is 0.443. The van der Waals surface area contributed by atoms with Crippen LogP contribution in [-0.4, -0.2) is 31.6 Å². The maximum absolute atomic E-state index is 13.0. The van der Waals surface area contributed by atoms with Crippen LogP contribution < -0.4 is 9.80 Å². The van der Waals surface area contributed by atoms with E-state index in [0.717, 1.165) is 38.4 Å². The van der Waals surface area contributed by atoms with E-state index in [-0.39, 0.29) is 0 Å². The highest BCUT2D eigenvalue weighted by atomic mass is 19.4. The molecule has 0 fully saturated rings. The zero-order chi connectivity index (χ0) is 19.0. The van der Waals surface area contributed by atoms with Crippen LogP contribution in [0.15, 0.2) is 29.3 Å². The van der Waals surface area contributed by atoms with Crippen LogP contribution in [-0.2, 0) is 9.63 Å². The predicted octanol–water partition coefficient (Wildman–Crippen LogP) is 4.66. The van der Waals surface area contributed by atoms with Crippen molar-refractivity contribution in [3.63, 3.8) is 0 Å². The average Bonchev–Trinajstić information content (AvgIpc) is 3.05. The lowest BCUT2D eigenvalue weighted by atomic mass is 10.1. The van der Waals surface area contributed by atoms with Crippen molar-refractivity contribution in [3.05, 3.63) is 24.3 Å². The summed E-state index contributed by atoms with van der Waals surface area (Å²) >= 11 is 0. The minimum absolute atomic E-state index is 0.458. The van der Waals surface area contributed by atoms with Gasteiger partial charge in [0.15, 0.2) is 6.17 Å². The van der Waals surface area contributed by atoms with Gasteiger partial charge in [0.25, 0.3) is 0 Å². The van der Waals surface area contributed by atoms with Crippen LogP contribution in [0.5, 0.6) is 5.75 Å². The lowest BCUT2D eigenvalue weighted by molar-refractivity contribution is -0.107. The number of methoxy groups -OCH3 is 1. The van der Waals surface area contributed by atoms with Crippen molar-refractivity contribution in [2.24, 2.45) is 4.99 Å². The van der Waals surface area contributed by atoms with E-state index in [4.69, 9.17) is 9.57 Å². The molecular weight excluding hydrogens is 349 g/mol.